The van der Waals surface area contributed by atoms with Crippen LogP contribution >= 0.6 is 11.6 Å². The highest BCUT2D eigenvalue weighted by atomic mass is 35.5. The van der Waals surface area contributed by atoms with Crippen molar-refractivity contribution in [3.8, 4) is 0 Å². The maximum Gasteiger partial charge on any atom is 0.255 e. The van der Waals surface area contributed by atoms with E-state index in [2.05, 4.69) is 10.3 Å². The second-order valence-corrected chi connectivity index (χ2v) is 3.73. The van der Waals surface area contributed by atoms with Crippen molar-refractivity contribution in [1.29, 1.82) is 0 Å². The molecule has 0 bridgehead atoms. The Kier molecular flexibility index (Phi) is 3.35. The Balaban J connectivity index is 2.16. The van der Waals surface area contributed by atoms with E-state index in [4.69, 9.17) is 11.6 Å². The molecule has 1 aromatic carbocycles. The number of amides is 1. The Morgan fingerprint density at radius 2 is 1.94 bits per heavy atom. The van der Waals surface area contributed by atoms with Gasteiger partial charge in [0.15, 0.2) is 0 Å². The van der Waals surface area contributed by atoms with Gasteiger partial charge in [0.1, 0.15) is 5.82 Å². The first-order chi connectivity index (χ1) is 8.16. The van der Waals surface area contributed by atoms with Crippen molar-refractivity contribution < 1.29 is 9.18 Å². The van der Waals surface area contributed by atoms with E-state index in [0.717, 1.165) is 0 Å². The van der Waals surface area contributed by atoms with Gasteiger partial charge in [-0.05, 0) is 30.3 Å². The van der Waals surface area contributed by atoms with Crippen molar-refractivity contribution in [3.05, 3.63) is 59.1 Å². The van der Waals surface area contributed by atoms with Gasteiger partial charge in [-0.2, -0.15) is 0 Å². The summed E-state index contributed by atoms with van der Waals surface area (Å²) < 4.78 is 12.9. The molecular formula is C12H8ClFN2O. The third-order valence-corrected chi connectivity index (χ3v) is 2.41. The van der Waals surface area contributed by atoms with Crippen LogP contribution in [-0.4, -0.2) is 10.9 Å². The lowest BCUT2D eigenvalue weighted by Crippen LogP contribution is -2.11. The number of carbonyl (C=O) groups is 1. The zero-order chi connectivity index (χ0) is 12.3. The number of aromatic nitrogens is 1. The third kappa shape index (κ3) is 2.79. The van der Waals surface area contributed by atoms with Crippen molar-refractivity contribution in [3.63, 3.8) is 0 Å². The molecule has 5 heteroatoms. The summed E-state index contributed by atoms with van der Waals surface area (Å²) in [6.07, 6.45) is 3.04. The second kappa shape index (κ2) is 4.93. The number of benzene rings is 1. The predicted octanol–water partition coefficient (Wildman–Crippen LogP) is 3.13. The number of hydrogen-bond acceptors (Lipinski definition) is 2. The van der Waals surface area contributed by atoms with E-state index in [0.29, 0.717) is 11.3 Å². The molecule has 1 heterocycles. The third-order valence-electron chi connectivity index (χ3n) is 2.12. The van der Waals surface area contributed by atoms with Crippen LogP contribution in [0.15, 0.2) is 42.7 Å². The molecule has 1 aromatic heterocycles. The molecule has 1 amide bonds. The Labute approximate surface area is 102 Å². The van der Waals surface area contributed by atoms with E-state index < -0.39 is 5.82 Å². The molecule has 17 heavy (non-hydrogen) atoms. The first-order valence-electron chi connectivity index (χ1n) is 4.83. The lowest BCUT2D eigenvalue weighted by molar-refractivity contribution is 0.102. The molecule has 0 saturated heterocycles. The highest BCUT2D eigenvalue weighted by Gasteiger charge is 2.06. The van der Waals surface area contributed by atoms with Crippen LogP contribution in [0.4, 0.5) is 10.1 Å². The Morgan fingerprint density at radius 1 is 1.24 bits per heavy atom. The quantitative estimate of drug-likeness (QED) is 0.890. The first-order valence-corrected chi connectivity index (χ1v) is 5.21. The molecule has 0 aliphatic rings. The van der Waals surface area contributed by atoms with E-state index in [1.165, 1.54) is 30.6 Å². The van der Waals surface area contributed by atoms with Gasteiger partial charge in [0.25, 0.3) is 5.91 Å². The summed E-state index contributed by atoms with van der Waals surface area (Å²) >= 11 is 5.61. The minimum absolute atomic E-state index is 0.0301. The molecule has 0 aliphatic heterocycles. The molecule has 0 unspecified atom stereocenters. The maximum atomic E-state index is 12.9. The molecule has 0 saturated carbocycles. The average molecular weight is 251 g/mol. The van der Waals surface area contributed by atoms with Crippen molar-refractivity contribution >= 4 is 23.2 Å². The largest absolute Gasteiger partial charge is 0.322 e. The van der Waals surface area contributed by atoms with Gasteiger partial charge >= 0.3 is 0 Å². The predicted molar refractivity (Wildman–Crippen MR) is 63.6 cm³/mol. The zero-order valence-corrected chi connectivity index (χ0v) is 9.41. The maximum absolute atomic E-state index is 12.9. The summed E-state index contributed by atoms with van der Waals surface area (Å²) in [5, 5.41) is 2.58. The SMILES string of the molecule is O=C(Nc1ccc(F)c(Cl)c1)c1ccncc1. The van der Waals surface area contributed by atoms with E-state index >= 15 is 0 Å². The fourth-order valence-corrected chi connectivity index (χ4v) is 1.46. The highest BCUT2D eigenvalue weighted by Crippen LogP contribution is 2.19. The minimum Gasteiger partial charge on any atom is -0.322 e. The minimum atomic E-state index is -0.520. The van der Waals surface area contributed by atoms with Gasteiger partial charge in [0, 0.05) is 23.6 Å². The first kappa shape index (κ1) is 11.5. The summed E-state index contributed by atoms with van der Waals surface area (Å²) in [6.45, 7) is 0. The van der Waals surface area contributed by atoms with Crippen molar-refractivity contribution in [2.75, 3.05) is 5.32 Å². The lowest BCUT2D eigenvalue weighted by atomic mass is 10.2. The van der Waals surface area contributed by atoms with E-state index in [-0.39, 0.29) is 10.9 Å². The summed E-state index contributed by atoms with van der Waals surface area (Å²) in [7, 11) is 0. The Bertz CT molecular complexity index is 545. The molecule has 0 spiro atoms. The van der Waals surface area contributed by atoms with Crippen LogP contribution in [0.3, 0.4) is 0 Å². The van der Waals surface area contributed by atoms with Crippen molar-refractivity contribution in [2.45, 2.75) is 0 Å². The molecule has 0 radical (unpaired) electrons. The van der Waals surface area contributed by atoms with Gasteiger partial charge in [-0.1, -0.05) is 11.6 Å². The Morgan fingerprint density at radius 3 is 2.59 bits per heavy atom. The van der Waals surface area contributed by atoms with Crippen LogP contribution in [-0.2, 0) is 0 Å². The summed E-state index contributed by atoms with van der Waals surface area (Å²) in [4.78, 5) is 15.5. The van der Waals surface area contributed by atoms with E-state index in [1.807, 2.05) is 0 Å². The number of halogens is 2. The van der Waals surface area contributed by atoms with Gasteiger partial charge in [-0.15, -0.1) is 0 Å². The van der Waals surface area contributed by atoms with Gasteiger partial charge in [-0.25, -0.2) is 4.39 Å². The molecule has 3 nitrogen and oxygen atoms in total. The molecule has 2 rings (SSSR count). The molecule has 86 valence electrons. The van der Waals surface area contributed by atoms with Crippen LogP contribution in [0.2, 0.25) is 5.02 Å². The molecule has 0 aliphatic carbocycles. The zero-order valence-electron chi connectivity index (χ0n) is 8.65. The van der Waals surface area contributed by atoms with Gasteiger partial charge in [-0.3, -0.25) is 9.78 Å². The summed E-state index contributed by atoms with van der Waals surface area (Å²) in [6, 6.07) is 7.17. The number of nitrogens with one attached hydrogen (secondary N) is 1. The van der Waals surface area contributed by atoms with Crippen molar-refractivity contribution in [1.82, 2.24) is 4.98 Å². The number of rotatable bonds is 2. The van der Waals surface area contributed by atoms with E-state index in [1.54, 1.807) is 12.1 Å². The molecule has 0 fully saturated rings. The van der Waals surface area contributed by atoms with Crippen molar-refractivity contribution in [2.24, 2.45) is 0 Å². The molecule has 2 aromatic rings. The molecule has 0 atom stereocenters. The highest BCUT2D eigenvalue weighted by molar-refractivity contribution is 6.31. The number of nitrogens with zero attached hydrogens (tertiary/aromatic N) is 1. The summed E-state index contributed by atoms with van der Waals surface area (Å²) in [5.74, 6) is -0.816. The standard InChI is InChI=1S/C12H8ClFN2O/c13-10-7-9(1-2-11(10)14)16-12(17)8-3-5-15-6-4-8/h1-7H,(H,16,17). The van der Waals surface area contributed by atoms with Crippen LogP contribution in [0.1, 0.15) is 10.4 Å². The fourth-order valence-electron chi connectivity index (χ4n) is 1.28. The Hall–Kier alpha value is -1.94. The van der Waals surface area contributed by atoms with Gasteiger partial charge < -0.3 is 5.32 Å². The normalized spacial score (nSPS) is 10.0. The van der Waals surface area contributed by atoms with E-state index in [9.17, 15) is 9.18 Å². The summed E-state index contributed by atoms with van der Waals surface area (Å²) in [5.41, 5.74) is 0.915. The molecule has 1 N–H and O–H groups in total. The topological polar surface area (TPSA) is 42.0 Å². The molecular weight excluding hydrogens is 243 g/mol. The average Bonchev–Trinajstić information content (AvgIpc) is 2.35. The number of pyridine rings is 1. The number of hydrogen-bond donors (Lipinski definition) is 1. The fraction of sp³-hybridized carbons (Fsp3) is 0. The lowest BCUT2D eigenvalue weighted by Gasteiger charge is -2.05. The van der Waals surface area contributed by atoms with Crippen LogP contribution in [0, 0.1) is 5.82 Å². The smallest absolute Gasteiger partial charge is 0.255 e. The van der Waals surface area contributed by atoms with Crippen LogP contribution in [0.5, 0.6) is 0 Å². The second-order valence-electron chi connectivity index (χ2n) is 3.32. The monoisotopic (exact) mass is 250 g/mol. The van der Waals surface area contributed by atoms with Crippen LogP contribution < -0.4 is 5.32 Å². The number of carbonyl (C=O) groups excluding carboxylic acids is 1. The number of anilines is 1. The van der Waals surface area contributed by atoms with Gasteiger partial charge in [0.2, 0.25) is 0 Å². The van der Waals surface area contributed by atoms with Gasteiger partial charge in [0.05, 0.1) is 5.02 Å². The van der Waals surface area contributed by atoms with Crippen LogP contribution in [0.25, 0.3) is 0 Å².